The molecule has 1 aromatic carbocycles. The monoisotopic (exact) mass is 570 g/mol. The highest BCUT2D eigenvalue weighted by Gasteiger charge is 2.31. The van der Waals surface area contributed by atoms with Gasteiger partial charge in [0.25, 0.3) is 0 Å². The van der Waals surface area contributed by atoms with Crippen molar-refractivity contribution in [3.63, 3.8) is 0 Å². The molecule has 0 saturated carbocycles. The van der Waals surface area contributed by atoms with Crippen LogP contribution in [0.1, 0.15) is 47.4 Å². The van der Waals surface area contributed by atoms with E-state index >= 15 is 0 Å². The lowest BCUT2D eigenvalue weighted by molar-refractivity contribution is -0.274. The number of ether oxygens (including phenoxy) is 1. The molecule has 3 aromatic heterocycles. The van der Waals surface area contributed by atoms with Crippen LogP contribution in [0.2, 0.25) is 0 Å². The first-order valence-electron chi connectivity index (χ1n) is 12.2. The summed E-state index contributed by atoms with van der Waals surface area (Å²) in [6.07, 6.45) is 2.52. The quantitative estimate of drug-likeness (QED) is 0.244. The molecular weight excluding hydrogens is 545 g/mol. The summed E-state index contributed by atoms with van der Waals surface area (Å²) in [7, 11) is 0. The number of benzene rings is 1. The Balaban J connectivity index is 1.31. The molecule has 0 fully saturated rings. The number of amides is 2. The highest BCUT2D eigenvalue weighted by Crippen LogP contribution is 2.33. The smallest absolute Gasteiger partial charge is 0.406 e. The molecule has 0 aliphatic carbocycles. The molecule has 0 spiro atoms. The van der Waals surface area contributed by atoms with Gasteiger partial charge in [-0.25, -0.2) is 4.98 Å². The number of hydrogen-bond donors (Lipinski definition) is 2. The second-order valence-electron chi connectivity index (χ2n) is 8.83. The van der Waals surface area contributed by atoms with Crippen molar-refractivity contribution < 1.29 is 27.5 Å². The van der Waals surface area contributed by atoms with Crippen molar-refractivity contribution in [2.45, 2.75) is 44.9 Å². The molecule has 208 valence electrons. The van der Waals surface area contributed by atoms with Crippen LogP contribution < -0.4 is 15.4 Å². The predicted molar refractivity (Wildman–Crippen MR) is 143 cm³/mol. The molecule has 40 heavy (non-hydrogen) atoms. The van der Waals surface area contributed by atoms with Crippen LogP contribution >= 0.6 is 11.3 Å². The van der Waals surface area contributed by atoms with Gasteiger partial charge in [0.1, 0.15) is 16.6 Å². The summed E-state index contributed by atoms with van der Waals surface area (Å²) >= 11 is 1.33. The maximum atomic E-state index is 12.4. The van der Waals surface area contributed by atoms with Gasteiger partial charge in [0.15, 0.2) is 0 Å². The van der Waals surface area contributed by atoms with Crippen molar-refractivity contribution in [2.24, 2.45) is 0 Å². The number of aryl methyl sites for hydroxylation is 1. The van der Waals surface area contributed by atoms with E-state index < -0.39 is 12.3 Å². The Labute approximate surface area is 231 Å². The summed E-state index contributed by atoms with van der Waals surface area (Å²) in [6, 6.07) is 12.7. The molecule has 0 radical (unpaired) electrons. The number of aromatic nitrogens is 4. The van der Waals surface area contributed by atoms with E-state index in [9.17, 15) is 22.8 Å². The average molecular weight is 571 g/mol. The summed E-state index contributed by atoms with van der Waals surface area (Å²) in [5.74, 6) is -0.716. The predicted octanol–water partition coefficient (Wildman–Crippen LogP) is 5.52. The van der Waals surface area contributed by atoms with E-state index in [1.165, 1.54) is 36.5 Å². The molecule has 1 atom stereocenters. The number of carbonyl (C=O) groups is 2. The van der Waals surface area contributed by atoms with Gasteiger partial charge in [0.2, 0.25) is 16.9 Å². The minimum atomic E-state index is -4.80. The number of rotatable bonds is 11. The summed E-state index contributed by atoms with van der Waals surface area (Å²) in [4.78, 5) is 32.3. The number of nitrogens with zero attached hydrogens (tertiary/aromatic N) is 4. The van der Waals surface area contributed by atoms with E-state index in [1.807, 2.05) is 18.2 Å². The van der Waals surface area contributed by atoms with Crippen molar-refractivity contribution in [1.29, 1.82) is 0 Å². The fourth-order valence-electron chi connectivity index (χ4n) is 3.97. The summed E-state index contributed by atoms with van der Waals surface area (Å²) in [5, 5.41) is 14.9. The van der Waals surface area contributed by atoms with E-state index in [0.29, 0.717) is 16.5 Å². The Bertz CT molecular complexity index is 1430. The molecule has 0 saturated heterocycles. The number of nitrogens with one attached hydrogen (secondary N) is 2. The zero-order valence-electron chi connectivity index (χ0n) is 21.3. The third kappa shape index (κ3) is 8.83. The van der Waals surface area contributed by atoms with Crippen molar-refractivity contribution >= 4 is 34.1 Å². The van der Waals surface area contributed by atoms with E-state index in [4.69, 9.17) is 0 Å². The van der Waals surface area contributed by atoms with Gasteiger partial charge in [0, 0.05) is 31.4 Å². The van der Waals surface area contributed by atoms with Gasteiger partial charge in [-0.3, -0.25) is 14.6 Å². The van der Waals surface area contributed by atoms with Crippen LogP contribution in [0.5, 0.6) is 5.75 Å². The third-order valence-electron chi connectivity index (χ3n) is 5.66. The Hall–Kier alpha value is -4.39. The van der Waals surface area contributed by atoms with Gasteiger partial charge < -0.3 is 15.4 Å². The van der Waals surface area contributed by atoms with Crippen LogP contribution in [0.3, 0.4) is 0 Å². The van der Waals surface area contributed by atoms with E-state index in [-0.39, 0.29) is 24.0 Å². The average Bonchev–Trinajstić information content (AvgIpc) is 3.34. The topological polar surface area (TPSA) is 119 Å². The summed E-state index contributed by atoms with van der Waals surface area (Å²) in [6.45, 7) is 1.42. The second-order valence-corrected chi connectivity index (χ2v) is 9.84. The van der Waals surface area contributed by atoms with Crippen LogP contribution in [-0.4, -0.2) is 38.3 Å². The van der Waals surface area contributed by atoms with Gasteiger partial charge in [-0.15, -0.1) is 23.4 Å². The second kappa shape index (κ2) is 13.1. The Kier molecular flexibility index (Phi) is 9.38. The van der Waals surface area contributed by atoms with E-state index in [2.05, 4.69) is 35.5 Å². The highest BCUT2D eigenvalue weighted by molar-refractivity contribution is 7.15. The zero-order chi connectivity index (χ0) is 28.5. The maximum Gasteiger partial charge on any atom is 0.573 e. The highest BCUT2D eigenvalue weighted by atomic mass is 32.1. The van der Waals surface area contributed by atoms with Crippen LogP contribution in [0, 0.1) is 0 Å². The van der Waals surface area contributed by atoms with Gasteiger partial charge in [0.05, 0.1) is 6.42 Å². The molecular formula is C27H25F3N6O3S. The minimum Gasteiger partial charge on any atom is -0.406 e. The normalized spacial score (nSPS) is 12.0. The van der Waals surface area contributed by atoms with Crippen LogP contribution in [-0.2, 0) is 22.4 Å². The first-order valence-corrected chi connectivity index (χ1v) is 13.1. The van der Waals surface area contributed by atoms with Gasteiger partial charge >= 0.3 is 6.36 Å². The van der Waals surface area contributed by atoms with Crippen molar-refractivity contribution in [2.75, 3.05) is 10.6 Å². The molecule has 2 N–H and O–H groups in total. The van der Waals surface area contributed by atoms with Crippen LogP contribution in [0.4, 0.5) is 24.1 Å². The van der Waals surface area contributed by atoms with Crippen molar-refractivity contribution in [3.8, 4) is 5.75 Å². The molecule has 0 aliphatic heterocycles. The number of carbonyl (C=O) groups excluding carboxylic acids is 2. The minimum absolute atomic E-state index is 0.0414. The molecule has 9 nitrogen and oxygen atoms in total. The van der Waals surface area contributed by atoms with Gasteiger partial charge in [-0.2, -0.15) is 0 Å². The Morgan fingerprint density at radius 3 is 2.58 bits per heavy atom. The van der Waals surface area contributed by atoms with E-state index in [0.717, 1.165) is 35.4 Å². The number of alkyl halides is 3. The SMILES string of the molecule is CC(=O)Nc1nnc(C(CCCc2ccc(NC(=O)Cc3cccc(OC(F)(F)F)c3)nc2)c2cccnc2)s1. The van der Waals surface area contributed by atoms with E-state index in [1.54, 1.807) is 30.7 Å². The number of pyridine rings is 2. The Morgan fingerprint density at radius 2 is 1.88 bits per heavy atom. The lowest BCUT2D eigenvalue weighted by Gasteiger charge is -2.14. The maximum absolute atomic E-state index is 12.4. The third-order valence-corrected chi connectivity index (χ3v) is 6.61. The number of hydrogen-bond acceptors (Lipinski definition) is 8. The molecule has 13 heteroatoms. The lowest BCUT2D eigenvalue weighted by Crippen LogP contribution is -2.18. The standard InChI is InChI=1S/C27H25F3N6O3S/c1-17(37)33-26-36-35-25(40-26)22(20-7-4-12-31-16-20)9-3-5-18-10-11-23(32-15-18)34-24(38)14-19-6-2-8-21(13-19)39-27(28,29)30/h2,4,6-8,10-13,15-16,22H,3,5,9,14H2,1H3,(H,32,34,38)(H,33,36,37). The molecule has 1 unspecified atom stereocenters. The summed E-state index contributed by atoms with van der Waals surface area (Å²) in [5.41, 5.74) is 2.34. The summed E-state index contributed by atoms with van der Waals surface area (Å²) < 4.78 is 41.2. The lowest BCUT2D eigenvalue weighted by atomic mass is 9.94. The number of halogens is 3. The molecule has 4 aromatic rings. The molecule has 2 amide bonds. The molecule has 4 rings (SSSR count). The molecule has 0 bridgehead atoms. The van der Waals surface area contributed by atoms with Crippen molar-refractivity contribution in [1.82, 2.24) is 20.2 Å². The van der Waals surface area contributed by atoms with Gasteiger partial charge in [-0.1, -0.05) is 35.6 Å². The van der Waals surface area contributed by atoms with Crippen molar-refractivity contribution in [3.05, 3.63) is 88.8 Å². The molecule has 0 aliphatic rings. The van der Waals surface area contributed by atoms with Gasteiger partial charge in [-0.05, 0) is 60.2 Å². The zero-order valence-corrected chi connectivity index (χ0v) is 22.1. The Morgan fingerprint density at radius 1 is 1.02 bits per heavy atom. The van der Waals surface area contributed by atoms with Crippen LogP contribution in [0.25, 0.3) is 0 Å². The van der Waals surface area contributed by atoms with Crippen LogP contribution in [0.15, 0.2) is 67.1 Å². The number of anilines is 2. The largest absolute Gasteiger partial charge is 0.573 e. The first kappa shape index (κ1) is 28.6. The fourth-order valence-corrected chi connectivity index (χ4v) is 4.93. The molecule has 3 heterocycles. The fraction of sp³-hybridized carbons (Fsp3) is 0.259. The first-order chi connectivity index (χ1) is 19.1.